The maximum Gasteiger partial charge on any atom is 0.122 e. The molecule has 0 bridgehead atoms. The van der Waals surface area contributed by atoms with Crippen LogP contribution in [0.4, 0.5) is 0 Å². The van der Waals surface area contributed by atoms with Crippen molar-refractivity contribution in [1.82, 2.24) is 4.98 Å². The first-order valence-electron chi connectivity index (χ1n) is 5.42. The fourth-order valence-corrected chi connectivity index (χ4v) is 2.75. The fraction of sp³-hybridized carbons (Fsp3) is 0.727. The Balaban J connectivity index is 2.79. The summed E-state index contributed by atoms with van der Waals surface area (Å²) in [6.45, 7) is 4.89. The highest BCUT2D eigenvalue weighted by atomic mass is 32.1. The summed E-state index contributed by atoms with van der Waals surface area (Å²) in [6, 6.07) is 0. The molecule has 2 N–H and O–H groups in total. The second-order valence-corrected chi connectivity index (χ2v) is 4.73. The largest absolute Gasteiger partial charge is 0.374 e. The number of nitrogens with two attached hydrogens (primary N) is 1. The molecule has 0 saturated carbocycles. The second kappa shape index (κ2) is 6.20. The Labute approximate surface area is 95.7 Å². The van der Waals surface area contributed by atoms with Gasteiger partial charge in [-0.2, -0.15) is 0 Å². The van der Waals surface area contributed by atoms with Crippen LogP contribution in [0.5, 0.6) is 0 Å². The van der Waals surface area contributed by atoms with E-state index in [1.807, 2.05) is 6.92 Å². The first-order chi connectivity index (χ1) is 7.22. The Bertz CT molecular complexity index is 299. The van der Waals surface area contributed by atoms with Gasteiger partial charge >= 0.3 is 0 Å². The van der Waals surface area contributed by atoms with E-state index in [1.54, 1.807) is 18.4 Å². The van der Waals surface area contributed by atoms with Crippen molar-refractivity contribution in [1.29, 1.82) is 0 Å². The topological polar surface area (TPSA) is 48.1 Å². The third kappa shape index (κ3) is 3.26. The fourth-order valence-electron chi connectivity index (χ4n) is 1.56. The molecule has 0 aromatic carbocycles. The molecular formula is C11H20N2OS. The van der Waals surface area contributed by atoms with Crippen molar-refractivity contribution in [2.75, 3.05) is 13.7 Å². The van der Waals surface area contributed by atoms with Crippen molar-refractivity contribution >= 4 is 11.3 Å². The lowest BCUT2D eigenvalue weighted by molar-refractivity contribution is 0.0947. The molecule has 0 aliphatic carbocycles. The third-order valence-corrected chi connectivity index (χ3v) is 3.70. The van der Waals surface area contributed by atoms with Crippen LogP contribution in [0.25, 0.3) is 0 Å². The van der Waals surface area contributed by atoms with Crippen LogP contribution in [0.3, 0.4) is 0 Å². The van der Waals surface area contributed by atoms with Crippen LogP contribution in [-0.2, 0) is 11.2 Å². The maximum atomic E-state index is 5.55. The highest BCUT2D eigenvalue weighted by Crippen LogP contribution is 2.28. The SMILES string of the molecule is CCCC(OC)c1nc(C)c(CCN)s1. The molecule has 0 aliphatic rings. The molecule has 4 heteroatoms. The predicted octanol–water partition coefficient (Wildman–Crippen LogP) is 2.44. The van der Waals surface area contributed by atoms with Crippen LogP contribution in [-0.4, -0.2) is 18.6 Å². The number of nitrogens with zero attached hydrogens (tertiary/aromatic N) is 1. The van der Waals surface area contributed by atoms with E-state index in [9.17, 15) is 0 Å². The van der Waals surface area contributed by atoms with Crippen molar-refractivity contribution in [2.45, 2.75) is 39.2 Å². The molecule has 1 aromatic heterocycles. The Hall–Kier alpha value is -0.450. The van der Waals surface area contributed by atoms with E-state index in [1.165, 1.54) is 4.88 Å². The summed E-state index contributed by atoms with van der Waals surface area (Å²) < 4.78 is 5.44. The van der Waals surface area contributed by atoms with Gasteiger partial charge in [-0.15, -0.1) is 11.3 Å². The number of hydrogen-bond acceptors (Lipinski definition) is 4. The highest BCUT2D eigenvalue weighted by Gasteiger charge is 2.15. The minimum absolute atomic E-state index is 0.158. The monoisotopic (exact) mass is 228 g/mol. The van der Waals surface area contributed by atoms with Crippen LogP contribution < -0.4 is 5.73 Å². The summed E-state index contributed by atoms with van der Waals surface area (Å²) in [6.07, 6.45) is 3.23. The van der Waals surface area contributed by atoms with E-state index >= 15 is 0 Å². The molecule has 1 unspecified atom stereocenters. The smallest absolute Gasteiger partial charge is 0.122 e. The van der Waals surface area contributed by atoms with Crippen LogP contribution >= 0.6 is 11.3 Å². The van der Waals surface area contributed by atoms with Gasteiger partial charge in [0.2, 0.25) is 0 Å². The molecule has 0 spiro atoms. The standard InChI is InChI=1S/C11H20N2OS/c1-4-5-9(14-3)11-13-8(2)10(15-11)6-7-12/h9H,4-7,12H2,1-3H3. The van der Waals surface area contributed by atoms with E-state index in [0.29, 0.717) is 6.54 Å². The number of thiazole rings is 1. The molecule has 3 nitrogen and oxygen atoms in total. The number of rotatable bonds is 6. The lowest BCUT2D eigenvalue weighted by Crippen LogP contribution is -2.01. The number of aryl methyl sites for hydroxylation is 1. The van der Waals surface area contributed by atoms with Crippen molar-refractivity contribution in [3.05, 3.63) is 15.6 Å². The van der Waals surface area contributed by atoms with E-state index < -0.39 is 0 Å². The molecule has 1 aromatic rings. The normalized spacial score (nSPS) is 13.1. The molecule has 1 heterocycles. The minimum atomic E-state index is 0.158. The summed E-state index contributed by atoms with van der Waals surface area (Å²) in [4.78, 5) is 5.85. The molecule has 0 aliphatic heterocycles. The Morgan fingerprint density at radius 3 is 2.80 bits per heavy atom. The molecule has 0 amide bonds. The summed E-state index contributed by atoms with van der Waals surface area (Å²) in [7, 11) is 1.75. The zero-order chi connectivity index (χ0) is 11.3. The molecule has 0 saturated heterocycles. The van der Waals surface area contributed by atoms with Gasteiger partial charge in [0.15, 0.2) is 0 Å². The number of aromatic nitrogens is 1. The van der Waals surface area contributed by atoms with Gasteiger partial charge in [-0.3, -0.25) is 0 Å². The van der Waals surface area contributed by atoms with Gasteiger partial charge < -0.3 is 10.5 Å². The summed E-state index contributed by atoms with van der Waals surface area (Å²) in [5.41, 5.74) is 6.66. The van der Waals surface area contributed by atoms with Crippen molar-refractivity contribution < 1.29 is 4.74 Å². The Morgan fingerprint density at radius 2 is 2.27 bits per heavy atom. The van der Waals surface area contributed by atoms with Gasteiger partial charge in [-0.25, -0.2) is 4.98 Å². The van der Waals surface area contributed by atoms with Gasteiger partial charge in [0.1, 0.15) is 11.1 Å². The quantitative estimate of drug-likeness (QED) is 0.813. The molecule has 15 heavy (non-hydrogen) atoms. The van der Waals surface area contributed by atoms with Crippen LogP contribution in [0.2, 0.25) is 0 Å². The average Bonchev–Trinajstić information content (AvgIpc) is 2.57. The highest BCUT2D eigenvalue weighted by molar-refractivity contribution is 7.11. The van der Waals surface area contributed by atoms with Gasteiger partial charge in [0.25, 0.3) is 0 Å². The lowest BCUT2D eigenvalue weighted by Gasteiger charge is -2.10. The summed E-state index contributed by atoms with van der Waals surface area (Å²) >= 11 is 1.74. The van der Waals surface area contributed by atoms with E-state index in [-0.39, 0.29) is 6.10 Å². The minimum Gasteiger partial charge on any atom is -0.374 e. The van der Waals surface area contributed by atoms with E-state index in [4.69, 9.17) is 10.5 Å². The Kier molecular flexibility index (Phi) is 5.22. The van der Waals surface area contributed by atoms with Gasteiger partial charge in [0, 0.05) is 12.0 Å². The first-order valence-corrected chi connectivity index (χ1v) is 6.23. The average molecular weight is 228 g/mol. The van der Waals surface area contributed by atoms with Crippen molar-refractivity contribution in [3.8, 4) is 0 Å². The lowest BCUT2D eigenvalue weighted by atomic mass is 10.2. The van der Waals surface area contributed by atoms with E-state index in [0.717, 1.165) is 30.0 Å². The second-order valence-electron chi connectivity index (χ2n) is 3.61. The van der Waals surface area contributed by atoms with Crippen LogP contribution in [0, 0.1) is 6.92 Å². The number of hydrogen-bond donors (Lipinski definition) is 1. The Morgan fingerprint density at radius 1 is 1.53 bits per heavy atom. The zero-order valence-corrected chi connectivity index (χ0v) is 10.6. The molecule has 1 atom stereocenters. The van der Waals surface area contributed by atoms with E-state index in [2.05, 4.69) is 11.9 Å². The first kappa shape index (κ1) is 12.6. The predicted molar refractivity (Wildman–Crippen MR) is 64.3 cm³/mol. The summed E-state index contributed by atoms with van der Waals surface area (Å²) in [5, 5.41) is 1.10. The van der Waals surface area contributed by atoms with Crippen molar-refractivity contribution in [3.63, 3.8) is 0 Å². The zero-order valence-electron chi connectivity index (χ0n) is 9.75. The molecular weight excluding hydrogens is 208 g/mol. The number of ether oxygens (including phenoxy) is 1. The number of methoxy groups -OCH3 is 1. The van der Waals surface area contributed by atoms with Gasteiger partial charge in [-0.1, -0.05) is 13.3 Å². The van der Waals surface area contributed by atoms with Crippen molar-refractivity contribution in [2.24, 2.45) is 5.73 Å². The van der Waals surface area contributed by atoms with Crippen LogP contribution in [0.1, 0.15) is 41.4 Å². The maximum absolute atomic E-state index is 5.55. The molecule has 86 valence electrons. The summed E-state index contributed by atoms with van der Waals surface area (Å²) in [5.74, 6) is 0. The third-order valence-electron chi connectivity index (χ3n) is 2.39. The van der Waals surface area contributed by atoms with Crippen LogP contribution in [0.15, 0.2) is 0 Å². The molecule has 0 radical (unpaired) electrons. The molecule has 1 rings (SSSR count). The van der Waals surface area contributed by atoms with Gasteiger partial charge in [0.05, 0.1) is 5.69 Å². The molecule has 0 fully saturated rings. The van der Waals surface area contributed by atoms with Gasteiger partial charge in [-0.05, 0) is 26.3 Å².